The van der Waals surface area contributed by atoms with Crippen molar-refractivity contribution in [1.82, 2.24) is 15.5 Å². The molecule has 0 aromatic heterocycles. The van der Waals surface area contributed by atoms with Crippen LogP contribution >= 0.6 is 0 Å². The van der Waals surface area contributed by atoms with Gasteiger partial charge in [-0.1, -0.05) is 0 Å². The summed E-state index contributed by atoms with van der Waals surface area (Å²) in [5.41, 5.74) is 0. The van der Waals surface area contributed by atoms with Crippen LogP contribution in [-0.4, -0.2) is 48.4 Å². The SMILES string of the molecule is CC(NC(=O)C1CCCNC1C)C(=O)N1CCCCC1. The summed E-state index contributed by atoms with van der Waals surface area (Å²) in [5.74, 6) is 0.0670. The van der Waals surface area contributed by atoms with E-state index in [1.807, 2.05) is 11.8 Å². The summed E-state index contributed by atoms with van der Waals surface area (Å²) in [6.07, 6.45) is 5.29. The summed E-state index contributed by atoms with van der Waals surface area (Å²) in [6, 6.07) is -0.212. The van der Waals surface area contributed by atoms with Crippen molar-refractivity contribution < 1.29 is 9.59 Å². The Kier molecular flexibility index (Phi) is 5.40. The first-order valence-corrected chi connectivity index (χ1v) is 7.92. The first kappa shape index (κ1) is 15.3. The van der Waals surface area contributed by atoms with Gasteiger partial charge in [0.2, 0.25) is 11.8 Å². The average molecular weight is 281 g/mol. The number of carbonyl (C=O) groups is 2. The lowest BCUT2D eigenvalue weighted by Gasteiger charge is -2.32. The maximum absolute atomic E-state index is 12.3. The van der Waals surface area contributed by atoms with Gasteiger partial charge in [-0.05, 0) is 52.5 Å². The zero-order valence-electron chi connectivity index (χ0n) is 12.7. The van der Waals surface area contributed by atoms with Crippen molar-refractivity contribution in [2.75, 3.05) is 19.6 Å². The first-order valence-electron chi connectivity index (χ1n) is 7.92. The van der Waals surface area contributed by atoms with Gasteiger partial charge >= 0.3 is 0 Å². The van der Waals surface area contributed by atoms with Crippen LogP contribution < -0.4 is 10.6 Å². The molecule has 5 nitrogen and oxygen atoms in total. The van der Waals surface area contributed by atoms with E-state index < -0.39 is 6.04 Å². The van der Waals surface area contributed by atoms with Crippen molar-refractivity contribution in [1.29, 1.82) is 0 Å². The Balaban J connectivity index is 1.84. The number of hydrogen-bond acceptors (Lipinski definition) is 3. The van der Waals surface area contributed by atoms with Crippen LogP contribution in [0, 0.1) is 5.92 Å². The van der Waals surface area contributed by atoms with Crippen molar-refractivity contribution in [3.63, 3.8) is 0 Å². The van der Waals surface area contributed by atoms with Crippen LogP contribution in [0.2, 0.25) is 0 Å². The largest absolute Gasteiger partial charge is 0.344 e. The minimum atomic E-state index is -0.408. The fourth-order valence-corrected chi connectivity index (χ4v) is 3.17. The minimum absolute atomic E-state index is 0.0136. The molecular formula is C15H27N3O2. The van der Waals surface area contributed by atoms with Gasteiger partial charge in [0.25, 0.3) is 0 Å². The predicted molar refractivity (Wildman–Crippen MR) is 78.2 cm³/mol. The Morgan fingerprint density at radius 1 is 1.20 bits per heavy atom. The Morgan fingerprint density at radius 2 is 1.90 bits per heavy atom. The summed E-state index contributed by atoms with van der Waals surface area (Å²) in [7, 11) is 0. The van der Waals surface area contributed by atoms with Gasteiger partial charge in [0.05, 0.1) is 5.92 Å². The van der Waals surface area contributed by atoms with E-state index in [1.54, 1.807) is 6.92 Å². The van der Waals surface area contributed by atoms with Crippen LogP contribution in [0.15, 0.2) is 0 Å². The monoisotopic (exact) mass is 281 g/mol. The highest BCUT2D eigenvalue weighted by atomic mass is 16.2. The molecule has 5 heteroatoms. The fourth-order valence-electron chi connectivity index (χ4n) is 3.17. The number of nitrogens with one attached hydrogen (secondary N) is 2. The molecule has 0 saturated carbocycles. The standard InChI is InChI=1S/C15H27N3O2/c1-11-13(7-6-8-16-11)14(19)17-12(2)15(20)18-9-4-3-5-10-18/h11-13,16H,3-10H2,1-2H3,(H,17,19). The van der Waals surface area contributed by atoms with E-state index in [0.717, 1.165) is 45.3 Å². The van der Waals surface area contributed by atoms with Gasteiger partial charge in [-0.25, -0.2) is 0 Å². The number of nitrogens with zero attached hydrogens (tertiary/aromatic N) is 1. The number of carbonyl (C=O) groups excluding carboxylic acids is 2. The lowest BCUT2D eigenvalue weighted by Crippen LogP contribution is -2.53. The van der Waals surface area contributed by atoms with E-state index in [1.165, 1.54) is 6.42 Å². The number of rotatable bonds is 3. The molecule has 2 heterocycles. The third-order valence-electron chi connectivity index (χ3n) is 4.50. The Morgan fingerprint density at radius 3 is 2.55 bits per heavy atom. The Labute approximate surface area is 121 Å². The zero-order valence-corrected chi connectivity index (χ0v) is 12.7. The molecule has 0 aromatic carbocycles. The number of piperidine rings is 2. The maximum atomic E-state index is 12.3. The lowest BCUT2D eigenvalue weighted by atomic mass is 9.91. The highest BCUT2D eigenvalue weighted by Crippen LogP contribution is 2.17. The quantitative estimate of drug-likeness (QED) is 0.808. The van der Waals surface area contributed by atoms with Crippen LogP contribution in [0.5, 0.6) is 0 Å². The highest BCUT2D eigenvalue weighted by molar-refractivity contribution is 5.88. The zero-order chi connectivity index (χ0) is 14.5. The summed E-state index contributed by atoms with van der Waals surface area (Å²) in [5, 5.41) is 6.23. The molecule has 0 spiro atoms. The third-order valence-corrected chi connectivity index (χ3v) is 4.50. The molecule has 2 rings (SSSR count). The molecule has 0 radical (unpaired) electrons. The van der Waals surface area contributed by atoms with Crippen LogP contribution in [0.4, 0.5) is 0 Å². The second kappa shape index (κ2) is 7.07. The second-order valence-corrected chi connectivity index (χ2v) is 6.11. The first-order chi connectivity index (χ1) is 9.59. The average Bonchev–Trinajstić information content (AvgIpc) is 2.47. The highest BCUT2D eigenvalue weighted by Gasteiger charge is 2.30. The predicted octanol–water partition coefficient (Wildman–Crippen LogP) is 0.892. The molecule has 2 N–H and O–H groups in total. The molecule has 20 heavy (non-hydrogen) atoms. The Bertz CT molecular complexity index is 353. The third kappa shape index (κ3) is 3.72. The van der Waals surface area contributed by atoms with E-state index in [-0.39, 0.29) is 23.8 Å². The molecule has 3 unspecified atom stereocenters. The van der Waals surface area contributed by atoms with Crippen molar-refractivity contribution in [3.8, 4) is 0 Å². The van der Waals surface area contributed by atoms with E-state index in [4.69, 9.17) is 0 Å². The summed E-state index contributed by atoms with van der Waals surface area (Å²) in [6.45, 7) is 6.49. The molecule has 114 valence electrons. The normalized spacial score (nSPS) is 28.8. The van der Waals surface area contributed by atoms with Gasteiger partial charge in [-0.2, -0.15) is 0 Å². The van der Waals surface area contributed by atoms with Crippen LogP contribution in [0.1, 0.15) is 46.0 Å². The van der Waals surface area contributed by atoms with Crippen molar-refractivity contribution >= 4 is 11.8 Å². The maximum Gasteiger partial charge on any atom is 0.244 e. The van der Waals surface area contributed by atoms with Gasteiger partial charge in [-0.15, -0.1) is 0 Å². The lowest BCUT2D eigenvalue weighted by molar-refractivity contribution is -0.138. The molecule has 0 aliphatic carbocycles. The molecule has 3 atom stereocenters. The van der Waals surface area contributed by atoms with Gasteiger partial charge in [0.1, 0.15) is 6.04 Å². The molecule has 2 aliphatic heterocycles. The molecule has 0 aromatic rings. The van der Waals surface area contributed by atoms with E-state index in [9.17, 15) is 9.59 Å². The van der Waals surface area contributed by atoms with Crippen molar-refractivity contribution in [2.45, 2.75) is 58.0 Å². The Hall–Kier alpha value is -1.10. The molecule has 0 bridgehead atoms. The van der Waals surface area contributed by atoms with Crippen LogP contribution in [0.3, 0.4) is 0 Å². The van der Waals surface area contributed by atoms with Gasteiger partial charge in [0, 0.05) is 19.1 Å². The molecule has 2 saturated heterocycles. The molecule has 2 fully saturated rings. The van der Waals surface area contributed by atoms with Crippen molar-refractivity contribution in [2.24, 2.45) is 5.92 Å². The number of amides is 2. The summed E-state index contributed by atoms with van der Waals surface area (Å²) < 4.78 is 0. The van der Waals surface area contributed by atoms with E-state index >= 15 is 0 Å². The van der Waals surface area contributed by atoms with Crippen LogP contribution in [-0.2, 0) is 9.59 Å². The fraction of sp³-hybridized carbons (Fsp3) is 0.867. The molecule has 2 amide bonds. The minimum Gasteiger partial charge on any atom is -0.344 e. The molecule has 2 aliphatic rings. The number of hydrogen-bond donors (Lipinski definition) is 2. The smallest absolute Gasteiger partial charge is 0.244 e. The van der Waals surface area contributed by atoms with Crippen LogP contribution in [0.25, 0.3) is 0 Å². The van der Waals surface area contributed by atoms with E-state index in [0.29, 0.717) is 0 Å². The summed E-state index contributed by atoms with van der Waals surface area (Å²) >= 11 is 0. The van der Waals surface area contributed by atoms with Crippen molar-refractivity contribution in [3.05, 3.63) is 0 Å². The van der Waals surface area contributed by atoms with Gasteiger partial charge in [-0.3, -0.25) is 9.59 Å². The number of likely N-dealkylation sites (tertiary alicyclic amines) is 1. The van der Waals surface area contributed by atoms with Gasteiger partial charge < -0.3 is 15.5 Å². The second-order valence-electron chi connectivity index (χ2n) is 6.11. The topological polar surface area (TPSA) is 61.4 Å². The van der Waals surface area contributed by atoms with Gasteiger partial charge in [0.15, 0.2) is 0 Å². The summed E-state index contributed by atoms with van der Waals surface area (Å²) in [4.78, 5) is 26.5. The molecular weight excluding hydrogens is 254 g/mol. The van der Waals surface area contributed by atoms with E-state index in [2.05, 4.69) is 10.6 Å².